The number of nitrogen functional groups attached to an aromatic ring is 1. The summed E-state index contributed by atoms with van der Waals surface area (Å²) in [6.45, 7) is 0. The lowest BCUT2D eigenvalue weighted by molar-refractivity contribution is 0.103. The molecular formula is C13H9F2NO. The number of halogens is 2. The number of hydrogen-bond donors (Lipinski definition) is 1. The van der Waals surface area contributed by atoms with E-state index in [2.05, 4.69) is 0 Å². The Morgan fingerprint density at radius 3 is 2.24 bits per heavy atom. The fourth-order valence-electron chi connectivity index (χ4n) is 1.47. The van der Waals surface area contributed by atoms with Crippen LogP contribution in [0.15, 0.2) is 42.5 Å². The Hall–Kier alpha value is -2.23. The highest BCUT2D eigenvalue weighted by Crippen LogP contribution is 2.16. The van der Waals surface area contributed by atoms with Gasteiger partial charge in [0, 0.05) is 11.3 Å². The number of rotatable bonds is 2. The molecule has 0 amide bonds. The molecule has 0 saturated carbocycles. The van der Waals surface area contributed by atoms with Gasteiger partial charge in [-0.1, -0.05) is 0 Å². The van der Waals surface area contributed by atoms with Gasteiger partial charge in [-0.2, -0.15) is 0 Å². The van der Waals surface area contributed by atoms with Crippen molar-refractivity contribution >= 4 is 11.5 Å². The van der Waals surface area contributed by atoms with Crippen molar-refractivity contribution < 1.29 is 13.6 Å². The van der Waals surface area contributed by atoms with Crippen LogP contribution in [0.2, 0.25) is 0 Å². The molecule has 17 heavy (non-hydrogen) atoms. The van der Waals surface area contributed by atoms with Gasteiger partial charge in [0.1, 0.15) is 11.6 Å². The largest absolute Gasteiger partial charge is 0.399 e. The van der Waals surface area contributed by atoms with E-state index in [0.717, 1.165) is 18.2 Å². The first kappa shape index (κ1) is 11.3. The Morgan fingerprint density at radius 1 is 1.00 bits per heavy atom. The fourth-order valence-corrected chi connectivity index (χ4v) is 1.47. The number of anilines is 1. The molecular weight excluding hydrogens is 224 g/mol. The van der Waals surface area contributed by atoms with Crippen molar-refractivity contribution in [3.8, 4) is 0 Å². The third-order valence-corrected chi connectivity index (χ3v) is 2.34. The van der Waals surface area contributed by atoms with Gasteiger partial charge < -0.3 is 5.73 Å². The van der Waals surface area contributed by atoms with Gasteiger partial charge in [0.25, 0.3) is 0 Å². The van der Waals surface area contributed by atoms with Crippen LogP contribution >= 0.6 is 0 Å². The lowest BCUT2D eigenvalue weighted by Crippen LogP contribution is -2.04. The van der Waals surface area contributed by atoms with Gasteiger partial charge in [-0.15, -0.1) is 0 Å². The molecule has 0 aliphatic carbocycles. The quantitative estimate of drug-likeness (QED) is 0.640. The minimum atomic E-state index is -0.681. The van der Waals surface area contributed by atoms with Gasteiger partial charge in [-0.25, -0.2) is 8.78 Å². The fraction of sp³-hybridized carbons (Fsp3) is 0. The van der Waals surface area contributed by atoms with E-state index in [0.29, 0.717) is 0 Å². The molecule has 0 saturated heterocycles. The third-order valence-electron chi connectivity index (χ3n) is 2.34. The van der Waals surface area contributed by atoms with Gasteiger partial charge in [0.05, 0.1) is 5.56 Å². The Labute approximate surface area is 96.7 Å². The van der Waals surface area contributed by atoms with E-state index < -0.39 is 17.4 Å². The molecule has 2 aromatic rings. The van der Waals surface area contributed by atoms with Crippen LogP contribution in [0.25, 0.3) is 0 Å². The second-order valence-electron chi connectivity index (χ2n) is 3.58. The summed E-state index contributed by atoms with van der Waals surface area (Å²) in [5, 5.41) is 0. The van der Waals surface area contributed by atoms with E-state index in [1.165, 1.54) is 24.3 Å². The van der Waals surface area contributed by atoms with Crippen molar-refractivity contribution in [3.63, 3.8) is 0 Å². The van der Waals surface area contributed by atoms with E-state index in [-0.39, 0.29) is 16.8 Å². The predicted octanol–water partition coefficient (Wildman–Crippen LogP) is 2.78. The zero-order valence-corrected chi connectivity index (χ0v) is 8.78. The Morgan fingerprint density at radius 2 is 1.65 bits per heavy atom. The summed E-state index contributed by atoms with van der Waals surface area (Å²) in [6, 6.07) is 8.78. The summed E-state index contributed by atoms with van der Waals surface area (Å²) in [7, 11) is 0. The smallest absolute Gasteiger partial charge is 0.195 e. The molecule has 0 unspecified atom stereocenters. The van der Waals surface area contributed by atoms with Gasteiger partial charge in [0.15, 0.2) is 5.78 Å². The van der Waals surface area contributed by atoms with Gasteiger partial charge in [0.2, 0.25) is 0 Å². The summed E-state index contributed by atoms with van der Waals surface area (Å²) in [4.78, 5) is 11.9. The maximum atomic E-state index is 13.5. The highest BCUT2D eigenvalue weighted by molar-refractivity contribution is 6.09. The monoisotopic (exact) mass is 233 g/mol. The van der Waals surface area contributed by atoms with Crippen LogP contribution in [-0.4, -0.2) is 5.78 Å². The molecule has 0 aliphatic heterocycles. The number of hydrogen-bond acceptors (Lipinski definition) is 2. The third kappa shape index (κ3) is 2.30. The minimum Gasteiger partial charge on any atom is -0.399 e. The molecule has 2 aromatic carbocycles. The highest BCUT2D eigenvalue weighted by Gasteiger charge is 2.13. The van der Waals surface area contributed by atoms with Crippen molar-refractivity contribution in [1.82, 2.24) is 0 Å². The number of carbonyl (C=O) groups excluding carboxylic acids is 1. The van der Waals surface area contributed by atoms with Crippen LogP contribution in [0, 0.1) is 11.6 Å². The van der Waals surface area contributed by atoms with E-state index in [1.807, 2.05) is 0 Å². The Bertz CT molecular complexity index is 564. The van der Waals surface area contributed by atoms with Crippen molar-refractivity contribution in [2.75, 3.05) is 5.73 Å². The Kier molecular flexibility index (Phi) is 2.87. The van der Waals surface area contributed by atoms with E-state index in [9.17, 15) is 13.6 Å². The maximum absolute atomic E-state index is 13.5. The number of benzene rings is 2. The standard InChI is InChI=1S/C13H9F2NO/c14-9-3-1-8(2-4-9)13(17)11-6-5-10(16)7-12(11)15/h1-7H,16H2. The van der Waals surface area contributed by atoms with Crippen LogP contribution < -0.4 is 5.73 Å². The van der Waals surface area contributed by atoms with E-state index in [4.69, 9.17) is 5.73 Å². The predicted molar refractivity (Wildman–Crippen MR) is 60.6 cm³/mol. The average Bonchev–Trinajstić information content (AvgIpc) is 2.29. The SMILES string of the molecule is Nc1ccc(C(=O)c2ccc(F)cc2)c(F)c1. The summed E-state index contributed by atoms with van der Waals surface area (Å²) in [6.07, 6.45) is 0. The zero-order chi connectivity index (χ0) is 12.4. The molecule has 0 heterocycles. The average molecular weight is 233 g/mol. The molecule has 0 atom stereocenters. The zero-order valence-electron chi connectivity index (χ0n) is 8.78. The minimum absolute atomic E-state index is 0.0780. The van der Waals surface area contributed by atoms with Crippen LogP contribution in [0.5, 0.6) is 0 Å². The summed E-state index contributed by atoms with van der Waals surface area (Å²) >= 11 is 0. The molecule has 0 spiro atoms. The number of carbonyl (C=O) groups is 1. The summed E-state index contributed by atoms with van der Waals surface area (Å²) in [5.74, 6) is -1.62. The molecule has 86 valence electrons. The van der Waals surface area contributed by atoms with Crippen molar-refractivity contribution in [3.05, 3.63) is 65.2 Å². The molecule has 2 N–H and O–H groups in total. The first-order chi connectivity index (χ1) is 8.08. The van der Waals surface area contributed by atoms with Crippen molar-refractivity contribution in [2.45, 2.75) is 0 Å². The van der Waals surface area contributed by atoms with E-state index in [1.54, 1.807) is 0 Å². The molecule has 0 radical (unpaired) electrons. The molecule has 0 aromatic heterocycles. The van der Waals surface area contributed by atoms with Crippen LogP contribution in [0.4, 0.5) is 14.5 Å². The first-order valence-electron chi connectivity index (χ1n) is 4.93. The van der Waals surface area contributed by atoms with Gasteiger partial charge >= 0.3 is 0 Å². The number of nitrogens with two attached hydrogens (primary N) is 1. The maximum Gasteiger partial charge on any atom is 0.195 e. The second kappa shape index (κ2) is 4.33. The number of ketones is 1. The topological polar surface area (TPSA) is 43.1 Å². The molecule has 2 rings (SSSR count). The lowest BCUT2D eigenvalue weighted by atomic mass is 10.0. The normalized spacial score (nSPS) is 10.2. The second-order valence-corrected chi connectivity index (χ2v) is 3.58. The lowest BCUT2D eigenvalue weighted by Gasteiger charge is -2.03. The molecule has 2 nitrogen and oxygen atoms in total. The molecule has 0 aliphatic rings. The van der Waals surface area contributed by atoms with E-state index >= 15 is 0 Å². The van der Waals surface area contributed by atoms with Crippen molar-refractivity contribution in [1.29, 1.82) is 0 Å². The first-order valence-corrected chi connectivity index (χ1v) is 4.93. The Balaban J connectivity index is 2.40. The van der Waals surface area contributed by atoms with Crippen LogP contribution in [-0.2, 0) is 0 Å². The van der Waals surface area contributed by atoms with Crippen LogP contribution in [0.3, 0.4) is 0 Å². The molecule has 0 fully saturated rings. The summed E-state index contributed by atoms with van der Waals surface area (Å²) in [5.41, 5.74) is 5.79. The highest BCUT2D eigenvalue weighted by atomic mass is 19.1. The molecule has 4 heteroatoms. The van der Waals surface area contributed by atoms with Gasteiger partial charge in [-0.3, -0.25) is 4.79 Å². The van der Waals surface area contributed by atoms with Crippen molar-refractivity contribution in [2.24, 2.45) is 0 Å². The summed E-state index contributed by atoms with van der Waals surface area (Å²) < 4.78 is 26.2. The molecule has 0 bridgehead atoms. The van der Waals surface area contributed by atoms with Crippen LogP contribution in [0.1, 0.15) is 15.9 Å². The van der Waals surface area contributed by atoms with Gasteiger partial charge in [-0.05, 0) is 42.5 Å².